The van der Waals surface area contributed by atoms with Crippen LogP contribution in [-0.4, -0.2) is 48.7 Å². The topological polar surface area (TPSA) is 94.8 Å². The molecule has 1 amide bonds. The first-order chi connectivity index (χ1) is 13.7. The highest BCUT2D eigenvalue weighted by molar-refractivity contribution is 7.99. The van der Waals surface area contributed by atoms with Crippen LogP contribution in [0, 0.1) is 6.92 Å². The zero-order chi connectivity index (χ0) is 19.3. The fourth-order valence-corrected chi connectivity index (χ4v) is 3.92. The second-order valence-electron chi connectivity index (χ2n) is 6.51. The number of nitrogens with zero attached hydrogens (tertiary/aromatic N) is 5. The van der Waals surface area contributed by atoms with Gasteiger partial charge in [0.1, 0.15) is 6.10 Å². The van der Waals surface area contributed by atoms with Gasteiger partial charge in [-0.05, 0) is 47.7 Å². The van der Waals surface area contributed by atoms with Gasteiger partial charge in [0.05, 0.1) is 17.8 Å². The molecule has 9 heteroatoms. The first-order valence-corrected chi connectivity index (χ1v) is 10.2. The minimum Gasteiger partial charge on any atom is -0.473 e. The number of carbonyl (C=O) groups is 1. The van der Waals surface area contributed by atoms with Crippen LogP contribution in [0.5, 0.6) is 5.88 Å². The van der Waals surface area contributed by atoms with Crippen molar-refractivity contribution in [3.8, 4) is 11.6 Å². The highest BCUT2D eigenvalue weighted by atomic mass is 32.2. The van der Waals surface area contributed by atoms with Gasteiger partial charge in [-0.2, -0.15) is 16.4 Å². The van der Waals surface area contributed by atoms with E-state index in [-0.39, 0.29) is 18.6 Å². The number of pyridine rings is 1. The molecule has 3 aromatic rings. The van der Waals surface area contributed by atoms with Crippen molar-refractivity contribution < 1.29 is 9.53 Å². The molecular formula is C19H20N6O2S. The fraction of sp³-hybridized carbons (Fsp3) is 0.316. The summed E-state index contributed by atoms with van der Waals surface area (Å²) < 4.78 is 7.41. The molecule has 1 unspecified atom stereocenters. The lowest BCUT2D eigenvalue weighted by atomic mass is 10.2. The Hall–Kier alpha value is -2.94. The van der Waals surface area contributed by atoms with E-state index in [1.807, 2.05) is 43.0 Å². The van der Waals surface area contributed by atoms with E-state index in [4.69, 9.17) is 4.74 Å². The average molecular weight is 396 g/mol. The van der Waals surface area contributed by atoms with E-state index in [0.717, 1.165) is 29.2 Å². The second kappa shape index (κ2) is 8.39. The molecule has 1 aromatic carbocycles. The maximum Gasteiger partial charge on any atom is 0.253 e. The van der Waals surface area contributed by atoms with Crippen molar-refractivity contribution in [2.24, 2.45) is 0 Å². The third-order valence-corrected chi connectivity index (χ3v) is 5.53. The van der Waals surface area contributed by atoms with Crippen LogP contribution in [0.15, 0.2) is 42.6 Å². The lowest BCUT2D eigenvalue weighted by Gasteiger charge is -2.11. The van der Waals surface area contributed by atoms with Crippen LogP contribution in [-0.2, 0) is 6.54 Å². The molecule has 4 rings (SSSR count). The Morgan fingerprint density at radius 2 is 2.14 bits per heavy atom. The third kappa shape index (κ3) is 4.30. The van der Waals surface area contributed by atoms with Gasteiger partial charge >= 0.3 is 0 Å². The number of amides is 1. The number of hydrogen-bond donors (Lipinski definition) is 1. The van der Waals surface area contributed by atoms with Gasteiger partial charge in [-0.25, -0.2) is 4.98 Å². The van der Waals surface area contributed by atoms with E-state index < -0.39 is 0 Å². The molecule has 2 aromatic heterocycles. The number of benzene rings is 1. The normalized spacial score (nSPS) is 16.1. The van der Waals surface area contributed by atoms with E-state index in [1.165, 1.54) is 6.20 Å². The van der Waals surface area contributed by atoms with Crippen LogP contribution < -0.4 is 10.1 Å². The van der Waals surface area contributed by atoms with Crippen LogP contribution in [0.2, 0.25) is 0 Å². The predicted molar refractivity (Wildman–Crippen MR) is 106 cm³/mol. The number of rotatable bonds is 6. The zero-order valence-corrected chi connectivity index (χ0v) is 16.2. The smallest absolute Gasteiger partial charge is 0.253 e. The summed E-state index contributed by atoms with van der Waals surface area (Å²) in [6.07, 6.45) is 2.76. The van der Waals surface area contributed by atoms with Crippen molar-refractivity contribution in [1.29, 1.82) is 0 Å². The van der Waals surface area contributed by atoms with Crippen LogP contribution in [0.3, 0.4) is 0 Å². The zero-order valence-electron chi connectivity index (χ0n) is 15.4. The number of nitrogens with one attached hydrogen (secondary N) is 1. The largest absolute Gasteiger partial charge is 0.473 e. The van der Waals surface area contributed by atoms with Crippen molar-refractivity contribution >= 4 is 17.7 Å². The van der Waals surface area contributed by atoms with Crippen LogP contribution in [0.1, 0.15) is 28.2 Å². The van der Waals surface area contributed by atoms with Crippen molar-refractivity contribution in [3.05, 3.63) is 59.5 Å². The summed E-state index contributed by atoms with van der Waals surface area (Å²) in [5.41, 5.74) is 2.45. The highest BCUT2D eigenvalue weighted by Gasteiger charge is 2.18. The van der Waals surface area contributed by atoms with Crippen molar-refractivity contribution in [1.82, 2.24) is 30.5 Å². The van der Waals surface area contributed by atoms with E-state index in [0.29, 0.717) is 17.3 Å². The molecule has 1 fully saturated rings. The summed E-state index contributed by atoms with van der Waals surface area (Å²) >= 11 is 1.88. The van der Waals surface area contributed by atoms with Gasteiger partial charge in [-0.3, -0.25) is 4.79 Å². The van der Waals surface area contributed by atoms with Crippen LogP contribution >= 0.6 is 11.8 Å². The standard InChI is InChI=1S/C19H20N6O2S/c1-13-2-5-15(6-3-13)25-17(22-23-24-25)11-21-19(26)14-4-7-18(20-10-14)27-16-8-9-28-12-16/h2-7,10,16H,8-9,11-12H2,1H3,(H,21,26). The molecule has 0 aliphatic carbocycles. The minimum absolute atomic E-state index is 0.206. The molecule has 8 nitrogen and oxygen atoms in total. The molecule has 144 valence electrons. The number of thioether (sulfide) groups is 1. The summed E-state index contributed by atoms with van der Waals surface area (Å²) in [6.45, 7) is 2.22. The van der Waals surface area contributed by atoms with Gasteiger partial charge in [0, 0.05) is 18.0 Å². The maximum atomic E-state index is 12.4. The minimum atomic E-state index is -0.242. The Morgan fingerprint density at radius 3 is 2.86 bits per heavy atom. The van der Waals surface area contributed by atoms with E-state index in [2.05, 4.69) is 25.8 Å². The van der Waals surface area contributed by atoms with Gasteiger partial charge in [0.2, 0.25) is 5.88 Å². The van der Waals surface area contributed by atoms with Gasteiger partial charge < -0.3 is 10.1 Å². The van der Waals surface area contributed by atoms with Crippen molar-refractivity contribution in [3.63, 3.8) is 0 Å². The molecule has 1 saturated heterocycles. The summed E-state index contributed by atoms with van der Waals surface area (Å²) in [5.74, 6) is 2.96. The van der Waals surface area contributed by atoms with Gasteiger partial charge in [-0.1, -0.05) is 17.7 Å². The Kier molecular flexibility index (Phi) is 5.52. The predicted octanol–water partition coefficient (Wildman–Crippen LogP) is 2.18. The number of ether oxygens (including phenoxy) is 1. The summed E-state index contributed by atoms with van der Waals surface area (Å²) in [5, 5.41) is 14.5. The maximum absolute atomic E-state index is 12.4. The van der Waals surface area contributed by atoms with Crippen LogP contribution in [0.25, 0.3) is 5.69 Å². The third-order valence-electron chi connectivity index (χ3n) is 4.39. The monoisotopic (exact) mass is 396 g/mol. The molecule has 1 aliphatic heterocycles. The molecule has 28 heavy (non-hydrogen) atoms. The molecule has 1 aliphatic rings. The second-order valence-corrected chi connectivity index (χ2v) is 7.66. The number of hydrogen-bond acceptors (Lipinski definition) is 7. The molecule has 1 N–H and O–H groups in total. The fourth-order valence-electron chi connectivity index (χ4n) is 2.82. The number of aryl methyl sites for hydroxylation is 1. The molecule has 3 heterocycles. The first-order valence-electron chi connectivity index (χ1n) is 9.02. The average Bonchev–Trinajstić information content (AvgIpc) is 3.39. The van der Waals surface area contributed by atoms with E-state index >= 15 is 0 Å². The highest BCUT2D eigenvalue weighted by Crippen LogP contribution is 2.22. The molecule has 0 radical (unpaired) electrons. The summed E-state index contributed by atoms with van der Waals surface area (Å²) in [4.78, 5) is 16.7. The van der Waals surface area contributed by atoms with Crippen LogP contribution in [0.4, 0.5) is 0 Å². The van der Waals surface area contributed by atoms with Gasteiger partial charge in [0.15, 0.2) is 5.82 Å². The lowest BCUT2D eigenvalue weighted by Crippen LogP contribution is -2.25. The molecule has 0 spiro atoms. The lowest BCUT2D eigenvalue weighted by molar-refractivity contribution is 0.0949. The molecular weight excluding hydrogens is 376 g/mol. The molecule has 1 atom stereocenters. The molecule has 0 saturated carbocycles. The summed E-state index contributed by atoms with van der Waals surface area (Å²) in [6, 6.07) is 11.3. The van der Waals surface area contributed by atoms with Gasteiger partial charge in [0.25, 0.3) is 5.91 Å². The Morgan fingerprint density at radius 1 is 1.29 bits per heavy atom. The molecule has 0 bridgehead atoms. The van der Waals surface area contributed by atoms with E-state index in [1.54, 1.807) is 16.8 Å². The quantitative estimate of drug-likeness (QED) is 0.682. The first kappa shape index (κ1) is 18.4. The SMILES string of the molecule is Cc1ccc(-n2nnnc2CNC(=O)c2ccc(OC3CCSC3)nc2)cc1. The van der Waals surface area contributed by atoms with Crippen molar-refractivity contribution in [2.75, 3.05) is 11.5 Å². The summed E-state index contributed by atoms with van der Waals surface area (Å²) in [7, 11) is 0. The van der Waals surface area contributed by atoms with Gasteiger partial charge in [-0.15, -0.1) is 5.10 Å². The van der Waals surface area contributed by atoms with Crippen molar-refractivity contribution in [2.45, 2.75) is 26.0 Å². The van der Waals surface area contributed by atoms with E-state index in [9.17, 15) is 4.79 Å². The Bertz CT molecular complexity index is 936. The number of carbonyl (C=O) groups excluding carboxylic acids is 1. The Balaban J connectivity index is 1.37. The number of aromatic nitrogens is 5. The Labute approximate surface area is 166 Å². The number of tetrazole rings is 1.